The Hall–Kier alpha value is -1.62. The van der Waals surface area contributed by atoms with Crippen LogP contribution in [-0.2, 0) is 11.3 Å². The van der Waals surface area contributed by atoms with Crippen molar-refractivity contribution in [2.45, 2.75) is 25.8 Å². The van der Waals surface area contributed by atoms with Crippen LogP contribution in [0.1, 0.15) is 19.5 Å². The normalized spacial score (nSPS) is 11.7. The van der Waals surface area contributed by atoms with Crippen LogP contribution in [0.2, 0.25) is 0 Å². The SMILES string of the molecule is CCN(Cc1ccccn1)C(=O)NC(=O)C(C)Cl. The number of nitrogens with one attached hydrogen (secondary N) is 1. The van der Waals surface area contributed by atoms with E-state index < -0.39 is 17.3 Å². The van der Waals surface area contributed by atoms with Gasteiger partial charge in [0.2, 0.25) is 5.91 Å². The molecule has 18 heavy (non-hydrogen) atoms. The summed E-state index contributed by atoms with van der Waals surface area (Å²) in [6.07, 6.45) is 1.66. The van der Waals surface area contributed by atoms with Crippen LogP contribution in [0.4, 0.5) is 4.79 Å². The quantitative estimate of drug-likeness (QED) is 0.848. The highest BCUT2D eigenvalue weighted by Gasteiger charge is 2.18. The molecule has 0 aliphatic heterocycles. The Bertz CT molecular complexity index is 409. The Morgan fingerprint density at radius 2 is 2.22 bits per heavy atom. The van der Waals surface area contributed by atoms with Crippen LogP contribution in [0.15, 0.2) is 24.4 Å². The van der Waals surface area contributed by atoms with Gasteiger partial charge in [-0.1, -0.05) is 6.07 Å². The van der Waals surface area contributed by atoms with Gasteiger partial charge in [-0.25, -0.2) is 4.79 Å². The molecule has 0 saturated heterocycles. The van der Waals surface area contributed by atoms with Crippen LogP contribution >= 0.6 is 11.6 Å². The van der Waals surface area contributed by atoms with Crippen molar-refractivity contribution in [2.24, 2.45) is 0 Å². The molecule has 0 fully saturated rings. The number of hydrogen-bond acceptors (Lipinski definition) is 3. The molecular formula is C12H16ClN3O2. The van der Waals surface area contributed by atoms with Crippen molar-refractivity contribution >= 4 is 23.5 Å². The Morgan fingerprint density at radius 3 is 2.72 bits per heavy atom. The third-order valence-electron chi connectivity index (χ3n) is 2.34. The van der Waals surface area contributed by atoms with E-state index in [4.69, 9.17) is 11.6 Å². The summed E-state index contributed by atoms with van der Waals surface area (Å²) in [7, 11) is 0. The molecule has 98 valence electrons. The number of carbonyl (C=O) groups is 2. The van der Waals surface area contributed by atoms with Crippen LogP contribution in [-0.4, -0.2) is 33.7 Å². The summed E-state index contributed by atoms with van der Waals surface area (Å²) in [6, 6.07) is 5.02. The molecule has 0 aliphatic rings. The van der Waals surface area contributed by atoms with E-state index in [0.717, 1.165) is 5.69 Å². The summed E-state index contributed by atoms with van der Waals surface area (Å²) < 4.78 is 0. The van der Waals surface area contributed by atoms with Gasteiger partial charge in [-0.2, -0.15) is 0 Å². The van der Waals surface area contributed by atoms with Crippen LogP contribution in [0, 0.1) is 0 Å². The van der Waals surface area contributed by atoms with Crippen molar-refractivity contribution < 1.29 is 9.59 Å². The Morgan fingerprint density at radius 1 is 1.50 bits per heavy atom. The molecule has 1 atom stereocenters. The molecule has 0 radical (unpaired) electrons. The van der Waals surface area contributed by atoms with E-state index in [1.165, 1.54) is 11.8 Å². The summed E-state index contributed by atoms with van der Waals surface area (Å²) in [6.45, 7) is 4.18. The maximum atomic E-state index is 11.8. The molecular weight excluding hydrogens is 254 g/mol. The number of aromatic nitrogens is 1. The largest absolute Gasteiger partial charge is 0.324 e. The minimum atomic E-state index is -0.734. The fraction of sp³-hybridized carbons (Fsp3) is 0.417. The number of rotatable bonds is 4. The zero-order valence-corrected chi connectivity index (χ0v) is 11.1. The lowest BCUT2D eigenvalue weighted by atomic mass is 10.3. The highest BCUT2D eigenvalue weighted by atomic mass is 35.5. The molecule has 0 spiro atoms. The van der Waals surface area contributed by atoms with Crippen molar-refractivity contribution in [1.82, 2.24) is 15.2 Å². The Balaban J connectivity index is 2.61. The standard InChI is InChI=1S/C12H16ClN3O2/c1-3-16(8-10-6-4-5-7-14-10)12(18)15-11(17)9(2)13/h4-7,9H,3,8H2,1-2H3,(H,15,17,18). The lowest BCUT2D eigenvalue weighted by Gasteiger charge is -2.20. The molecule has 1 rings (SSSR count). The smallest absolute Gasteiger partial charge is 0.319 e. The van der Waals surface area contributed by atoms with Gasteiger partial charge in [0, 0.05) is 12.7 Å². The van der Waals surface area contributed by atoms with Crippen molar-refractivity contribution in [3.63, 3.8) is 0 Å². The van der Waals surface area contributed by atoms with Crippen LogP contribution < -0.4 is 5.32 Å². The highest BCUT2D eigenvalue weighted by molar-refractivity contribution is 6.31. The number of halogens is 1. The van der Waals surface area contributed by atoms with Gasteiger partial charge in [-0.15, -0.1) is 11.6 Å². The van der Waals surface area contributed by atoms with Gasteiger partial charge in [-0.3, -0.25) is 15.1 Å². The second-order valence-electron chi connectivity index (χ2n) is 3.75. The Kier molecular flexibility index (Phi) is 5.58. The third kappa shape index (κ3) is 4.33. The van der Waals surface area contributed by atoms with E-state index in [1.807, 2.05) is 19.1 Å². The molecule has 1 heterocycles. The van der Waals surface area contributed by atoms with Crippen molar-refractivity contribution in [1.29, 1.82) is 0 Å². The van der Waals surface area contributed by atoms with E-state index in [-0.39, 0.29) is 0 Å². The minimum Gasteiger partial charge on any atom is -0.319 e. The zero-order chi connectivity index (χ0) is 13.5. The van der Waals surface area contributed by atoms with E-state index in [0.29, 0.717) is 13.1 Å². The topological polar surface area (TPSA) is 62.3 Å². The molecule has 0 aromatic carbocycles. The first-order valence-electron chi connectivity index (χ1n) is 5.68. The van der Waals surface area contributed by atoms with Crippen LogP contribution in [0.5, 0.6) is 0 Å². The van der Waals surface area contributed by atoms with Crippen LogP contribution in [0.25, 0.3) is 0 Å². The molecule has 1 N–H and O–H groups in total. The average Bonchev–Trinajstić information content (AvgIpc) is 2.36. The maximum Gasteiger partial charge on any atom is 0.324 e. The fourth-order valence-electron chi connectivity index (χ4n) is 1.30. The third-order valence-corrected chi connectivity index (χ3v) is 2.54. The number of nitrogens with zero attached hydrogens (tertiary/aromatic N) is 2. The van der Waals surface area contributed by atoms with Crippen molar-refractivity contribution in [2.75, 3.05) is 6.54 Å². The fourth-order valence-corrected chi connectivity index (χ4v) is 1.35. The van der Waals surface area contributed by atoms with Gasteiger partial charge in [0.15, 0.2) is 0 Å². The van der Waals surface area contributed by atoms with Gasteiger partial charge in [-0.05, 0) is 26.0 Å². The summed E-state index contributed by atoms with van der Waals surface area (Å²) >= 11 is 5.59. The number of hydrogen-bond donors (Lipinski definition) is 1. The lowest BCUT2D eigenvalue weighted by molar-refractivity contribution is -0.119. The lowest BCUT2D eigenvalue weighted by Crippen LogP contribution is -2.44. The molecule has 6 heteroatoms. The van der Waals surface area contributed by atoms with Gasteiger partial charge in [0.1, 0.15) is 5.38 Å². The number of urea groups is 1. The summed E-state index contributed by atoms with van der Waals surface area (Å²) in [5, 5.41) is 1.51. The zero-order valence-electron chi connectivity index (χ0n) is 10.4. The summed E-state index contributed by atoms with van der Waals surface area (Å²) in [5.41, 5.74) is 0.765. The summed E-state index contributed by atoms with van der Waals surface area (Å²) in [5.74, 6) is -0.499. The molecule has 0 aliphatic carbocycles. The maximum absolute atomic E-state index is 11.8. The van der Waals surface area contributed by atoms with E-state index >= 15 is 0 Å². The number of carbonyl (C=O) groups excluding carboxylic acids is 2. The first-order chi connectivity index (χ1) is 8.54. The molecule has 0 saturated carbocycles. The van der Waals surface area contributed by atoms with Crippen molar-refractivity contribution in [3.05, 3.63) is 30.1 Å². The first kappa shape index (κ1) is 14.4. The van der Waals surface area contributed by atoms with Crippen LogP contribution in [0.3, 0.4) is 0 Å². The van der Waals surface area contributed by atoms with Gasteiger partial charge < -0.3 is 4.90 Å². The highest BCUT2D eigenvalue weighted by Crippen LogP contribution is 2.02. The van der Waals surface area contributed by atoms with Gasteiger partial charge >= 0.3 is 6.03 Å². The predicted octanol–water partition coefficient (Wildman–Crippen LogP) is 1.77. The first-order valence-corrected chi connectivity index (χ1v) is 6.12. The molecule has 1 aromatic rings. The second-order valence-corrected chi connectivity index (χ2v) is 4.40. The number of imide groups is 1. The number of amides is 3. The number of pyridine rings is 1. The molecule has 1 aromatic heterocycles. The monoisotopic (exact) mass is 269 g/mol. The number of alkyl halides is 1. The molecule has 5 nitrogen and oxygen atoms in total. The van der Waals surface area contributed by atoms with Crippen molar-refractivity contribution in [3.8, 4) is 0 Å². The van der Waals surface area contributed by atoms with E-state index in [2.05, 4.69) is 10.3 Å². The van der Waals surface area contributed by atoms with Gasteiger partial charge in [0.05, 0.1) is 12.2 Å². The average molecular weight is 270 g/mol. The minimum absolute atomic E-state index is 0.354. The van der Waals surface area contributed by atoms with E-state index in [9.17, 15) is 9.59 Å². The molecule has 1 unspecified atom stereocenters. The molecule has 3 amide bonds. The van der Waals surface area contributed by atoms with Gasteiger partial charge in [0.25, 0.3) is 0 Å². The molecule has 0 bridgehead atoms. The summed E-state index contributed by atoms with van der Waals surface area (Å²) in [4.78, 5) is 28.7. The van der Waals surface area contributed by atoms with E-state index in [1.54, 1.807) is 12.3 Å². The predicted molar refractivity (Wildman–Crippen MR) is 69.2 cm³/mol. The Labute approximate surface area is 111 Å². The second kappa shape index (κ2) is 6.96.